The van der Waals surface area contributed by atoms with Gasteiger partial charge in [-0.1, -0.05) is 66.2 Å². The Hall–Kier alpha value is -0.530. The van der Waals surface area contributed by atoms with Crippen LogP contribution in [0, 0.1) is 17.8 Å². The second-order valence-corrected chi connectivity index (χ2v) is 6.04. The number of hydrogen-bond donors (Lipinski definition) is 1. The molecule has 0 rings (SSSR count). The van der Waals surface area contributed by atoms with Crippen molar-refractivity contribution in [3.8, 4) is 0 Å². The van der Waals surface area contributed by atoms with E-state index in [1.165, 1.54) is 32.1 Å². The molecule has 0 aliphatic heterocycles. The fourth-order valence-electron chi connectivity index (χ4n) is 2.56. The molecule has 0 heterocycles. The first-order valence-electron chi connectivity index (χ1n) is 7.73. The third kappa shape index (κ3) is 8.54. The fraction of sp³-hybridized carbons (Fsp3) is 0.938. The van der Waals surface area contributed by atoms with Crippen molar-refractivity contribution in [2.24, 2.45) is 17.8 Å². The number of carboxylic acid groups (broad SMARTS) is 1. The molecule has 2 unspecified atom stereocenters. The van der Waals surface area contributed by atoms with Gasteiger partial charge in [0, 0.05) is 0 Å². The second-order valence-electron chi connectivity index (χ2n) is 6.04. The molecule has 0 aromatic carbocycles. The van der Waals surface area contributed by atoms with E-state index in [-0.39, 0.29) is 5.92 Å². The van der Waals surface area contributed by atoms with Crippen LogP contribution >= 0.6 is 0 Å². The maximum atomic E-state index is 11.3. The summed E-state index contributed by atoms with van der Waals surface area (Å²) >= 11 is 0. The molecule has 1 N–H and O–H groups in total. The van der Waals surface area contributed by atoms with Crippen molar-refractivity contribution in [2.45, 2.75) is 79.1 Å². The average Bonchev–Trinajstić information content (AvgIpc) is 2.30. The van der Waals surface area contributed by atoms with Gasteiger partial charge in [-0.3, -0.25) is 4.79 Å². The lowest BCUT2D eigenvalue weighted by Crippen LogP contribution is -2.19. The van der Waals surface area contributed by atoms with Gasteiger partial charge in [0.05, 0.1) is 5.92 Å². The zero-order valence-corrected chi connectivity index (χ0v) is 12.7. The van der Waals surface area contributed by atoms with Crippen molar-refractivity contribution in [2.75, 3.05) is 0 Å². The molecule has 0 aliphatic carbocycles. The van der Waals surface area contributed by atoms with Crippen LogP contribution in [0.5, 0.6) is 0 Å². The van der Waals surface area contributed by atoms with Gasteiger partial charge in [-0.2, -0.15) is 0 Å². The summed E-state index contributed by atoms with van der Waals surface area (Å²) < 4.78 is 0. The first-order valence-corrected chi connectivity index (χ1v) is 7.73. The minimum absolute atomic E-state index is 0.124. The molecule has 2 atom stereocenters. The van der Waals surface area contributed by atoms with E-state index in [0.717, 1.165) is 19.3 Å². The molecule has 0 saturated carbocycles. The molecular weight excluding hydrogens is 224 g/mol. The van der Waals surface area contributed by atoms with Crippen molar-refractivity contribution in [3.05, 3.63) is 0 Å². The summed E-state index contributed by atoms with van der Waals surface area (Å²) in [4.78, 5) is 11.3. The Labute approximate surface area is 113 Å². The zero-order chi connectivity index (χ0) is 14.0. The lowest BCUT2D eigenvalue weighted by Gasteiger charge is -2.21. The highest BCUT2D eigenvalue weighted by Gasteiger charge is 2.22. The largest absolute Gasteiger partial charge is 0.481 e. The van der Waals surface area contributed by atoms with Crippen LogP contribution in [0.25, 0.3) is 0 Å². The van der Waals surface area contributed by atoms with Crippen LogP contribution in [0.1, 0.15) is 79.1 Å². The molecule has 0 bridgehead atoms. The van der Waals surface area contributed by atoms with Crippen LogP contribution < -0.4 is 0 Å². The van der Waals surface area contributed by atoms with Crippen molar-refractivity contribution < 1.29 is 9.90 Å². The van der Waals surface area contributed by atoms with Gasteiger partial charge in [0.1, 0.15) is 0 Å². The second kappa shape index (κ2) is 10.4. The molecular formula is C16H32O2. The lowest BCUT2D eigenvalue weighted by atomic mass is 9.84. The highest BCUT2D eigenvalue weighted by atomic mass is 16.4. The highest BCUT2D eigenvalue weighted by molar-refractivity contribution is 5.69. The van der Waals surface area contributed by atoms with E-state index in [4.69, 9.17) is 0 Å². The number of carboxylic acids is 1. The summed E-state index contributed by atoms with van der Waals surface area (Å²) in [5, 5.41) is 9.33. The Morgan fingerprint density at radius 1 is 1.00 bits per heavy atom. The van der Waals surface area contributed by atoms with Crippen molar-refractivity contribution >= 4 is 5.97 Å². The zero-order valence-electron chi connectivity index (χ0n) is 12.7. The van der Waals surface area contributed by atoms with Crippen molar-refractivity contribution in [1.82, 2.24) is 0 Å². The first-order chi connectivity index (χ1) is 8.51. The van der Waals surface area contributed by atoms with E-state index in [2.05, 4.69) is 27.7 Å². The van der Waals surface area contributed by atoms with Gasteiger partial charge >= 0.3 is 5.97 Å². The summed E-state index contributed by atoms with van der Waals surface area (Å²) in [5.41, 5.74) is 0. The third-order valence-corrected chi connectivity index (χ3v) is 3.72. The summed E-state index contributed by atoms with van der Waals surface area (Å²) in [6.45, 7) is 8.73. The number of unbranched alkanes of at least 4 members (excludes halogenated alkanes) is 1. The Kier molecular flexibility index (Phi) is 10.1. The SMILES string of the molecule is CCCCC(CCC)CC(CCC(C)C)C(=O)O. The van der Waals surface area contributed by atoms with Crippen molar-refractivity contribution in [3.63, 3.8) is 0 Å². The summed E-state index contributed by atoms with van der Waals surface area (Å²) in [6, 6.07) is 0. The Morgan fingerprint density at radius 3 is 2.11 bits per heavy atom. The van der Waals surface area contributed by atoms with Gasteiger partial charge in [-0.05, 0) is 24.7 Å². The van der Waals surface area contributed by atoms with Crippen molar-refractivity contribution in [1.29, 1.82) is 0 Å². The molecule has 0 aliphatic rings. The van der Waals surface area contributed by atoms with Gasteiger partial charge in [0.2, 0.25) is 0 Å². The maximum absolute atomic E-state index is 11.3. The Morgan fingerprint density at radius 2 is 1.67 bits per heavy atom. The van der Waals surface area contributed by atoms with Crippen LogP contribution in [0.4, 0.5) is 0 Å². The molecule has 18 heavy (non-hydrogen) atoms. The minimum atomic E-state index is -0.590. The smallest absolute Gasteiger partial charge is 0.306 e. The monoisotopic (exact) mass is 256 g/mol. The number of hydrogen-bond acceptors (Lipinski definition) is 1. The van der Waals surface area contributed by atoms with Gasteiger partial charge in [0.15, 0.2) is 0 Å². The fourth-order valence-corrected chi connectivity index (χ4v) is 2.56. The van der Waals surface area contributed by atoms with Gasteiger partial charge in [-0.25, -0.2) is 0 Å². The van der Waals surface area contributed by atoms with Crippen LogP contribution in [0.2, 0.25) is 0 Å². The predicted octanol–water partition coefficient (Wildman–Crippen LogP) is 5.12. The van der Waals surface area contributed by atoms with E-state index < -0.39 is 5.97 Å². The molecule has 2 nitrogen and oxygen atoms in total. The normalized spacial score (nSPS) is 14.7. The quantitative estimate of drug-likeness (QED) is 0.557. The number of carbonyl (C=O) groups is 1. The maximum Gasteiger partial charge on any atom is 0.306 e. The van der Waals surface area contributed by atoms with E-state index in [1.807, 2.05) is 0 Å². The summed E-state index contributed by atoms with van der Waals surface area (Å²) in [7, 11) is 0. The molecule has 0 radical (unpaired) electrons. The minimum Gasteiger partial charge on any atom is -0.481 e. The molecule has 0 saturated heterocycles. The molecule has 0 aromatic rings. The Bertz CT molecular complexity index is 211. The van der Waals surface area contributed by atoms with Crippen LogP contribution in [0.15, 0.2) is 0 Å². The number of aliphatic carboxylic acids is 1. The van der Waals surface area contributed by atoms with E-state index in [0.29, 0.717) is 11.8 Å². The van der Waals surface area contributed by atoms with E-state index >= 15 is 0 Å². The molecule has 108 valence electrons. The molecule has 0 fully saturated rings. The van der Waals surface area contributed by atoms with E-state index in [9.17, 15) is 9.90 Å². The molecule has 0 amide bonds. The van der Waals surface area contributed by atoms with Gasteiger partial charge < -0.3 is 5.11 Å². The third-order valence-electron chi connectivity index (χ3n) is 3.72. The van der Waals surface area contributed by atoms with Crippen LogP contribution in [-0.2, 0) is 4.79 Å². The molecule has 0 spiro atoms. The van der Waals surface area contributed by atoms with Crippen LogP contribution in [-0.4, -0.2) is 11.1 Å². The van der Waals surface area contributed by atoms with Gasteiger partial charge in [-0.15, -0.1) is 0 Å². The summed E-state index contributed by atoms with van der Waals surface area (Å²) in [6.07, 6.45) is 8.77. The standard InChI is InChI=1S/C16H32O2/c1-5-7-9-14(8-6-2)12-15(16(17)18)11-10-13(3)4/h13-15H,5-12H2,1-4H3,(H,17,18). The van der Waals surface area contributed by atoms with Crippen LogP contribution in [0.3, 0.4) is 0 Å². The number of rotatable bonds is 11. The molecule has 0 aromatic heterocycles. The molecule has 2 heteroatoms. The Balaban J connectivity index is 4.26. The van der Waals surface area contributed by atoms with E-state index in [1.54, 1.807) is 0 Å². The highest BCUT2D eigenvalue weighted by Crippen LogP contribution is 2.26. The first kappa shape index (κ1) is 17.5. The van der Waals surface area contributed by atoms with Gasteiger partial charge in [0.25, 0.3) is 0 Å². The summed E-state index contributed by atoms with van der Waals surface area (Å²) in [5.74, 6) is 0.504. The topological polar surface area (TPSA) is 37.3 Å². The predicted molar refractivity (Wildman–Crippen MR) is 77.7 cm³/mol. The average molecular weight is 256 g/mol. The lowest BCUT2D eigenvalue weighted by molar-refractivity contribution is -0.142.